The number of nitrogens with zero attached hydrogens (tertiary/aromatic N) is 2. The second kappa shape index (κ2) is 5.04. The summed E-state index contributed by atoms with van der Waals surface area (Å²) in [7, 11) is 0. The van der Waals surface area contributed by atoms with Gasteiger partial charge in [-0.25, -0.2) is 0 Å². The molecular weight excluding hydrogens is 268 g/mol. The molecule has 0 amide bonds. The van der Waals surface area contributed by atoms with E-state index in [1.54, 1.807) is 13.8 Å². The number of ether oxygens (including phenoxy) is 1. The third kappa shape index (κ3) is 3.41. The average Bonchev–Trinajstić information content (AvgIpc) is 2.26. The van der Waals surface area contributed by atoms with Crippen LogP contribution in [0, 0.1) is 20.2 Å². The Balaban J connectivity index is 3.25. The van der Waals surface area contributed by atoms with E-state index in [4.69, 9.17) is 4.74 Å². The molecule has 0 heterocycles. The van der Waals surface area contributed by atoms with Crippen LogP contribution in [0.3, 0.4) is 0 Å². The predicted molar refractivity (Wildman–Crippen MR) is 70.8 cm³/mol. The van der Waals surface area contributed by atoms with E-state index < -0.39 is 32.4 Å². The van der Waals surface area contributed by atoms with Gasteiger partial charge in [0, 0.05) is 0 Å². The van der Waals surface area contributed by atoms with E-state index in [2.05, 4.69) is 0 Å². The minimum Gasteiger partial charge on any atom is -0.484 e. The van der Waals surface area contributed by atoms with E-state index in [1.807, 2.05) is 0 Å². The highest BCUT2D eigenvalue weighted by Crippen LogP contribution is 2.33. The van der Waals surface area contributed by atoms with Gasteiger partial charge in [-0.1, -0.05) is 0 Å². The van der Waals surface area contributed by atoms with Crippen LogP contribution in [0.1, 0.15) is 27.7 Å². The van der Waals surface area contributed by atoms with E-state index in [0.717, 1.165) is 18.2 Å². The lowest BCUT2D eigenvalue weighted by Gasteiger charge is -2.37. The fourth-order valence-corrected chi connectivity index (χ4v) is 1.26. The van der Waals surface area contributed by atoms with Gasteiger partial charge in [-0.15, -0.1) is 0 Å². The predicted octanol–water partition coefficient (Wildman–Crippen LogP) is 2.43. The van der Waals surface area contributed by atoms with Gasteiger partial charge in [0.05, 0.1) is 33.6 Å². The second-order valence-corrected chi connectivity index (χ2v) is 5.37. The zero-order valence-corrected chi connectivity index (χ0v) is 11.6. The molecule has 0 aliphatic heterocycles. The van der Waals surface area contributed by atoms with Crippen LogP contribution in [0.2, 0.25) is 0 Å². The lowest BCUT2D eigenvalue weighted by atomic mass is 9.89. The number of nitro groups is 2. The molecule has 0 fully saturated rings. The number of aliphatic hydroxyl groups is 1. The number of benzene rings is 1. The molecule has 1 rings (SSSR count). The fraction of sp³-hybridized carbons (Fsp3) is 0.500. The van der Waals surface area contributed by atoms with Crippen LogP contribution in [0.25, 0.3) is 0 Å². The quantitative estimate of drug-likeness (QED) is 0.655. The number of hydrogen-bond donors (Lipinski definition) is 1. The maximum atomic E-state index is 10.8. The van der Waals surface area contributed by atoms with Crippen molar-refractivity contribution in [2.75, 3.05) is 0 Å². The molecule has 0 aliphatic rings. The number of rotatable bonds is 5. The number of nitro benzene ring substituents is 2. The summed E-state index contributed by atoms with van der Waals surface area (Å²) in [4.78, 5) is 20.1. The summed E-state index contributed by atoms with van der Waals surface area (Å²) in [6, 6.07) is 3.02. The van der Waals surface area contributed by atoms with Crippen LogP contribution in [-0.2, 0) is 0 Å². The van der Waals surface area contributed by atoms with E-state index in [0.29, 0.717) is 0 Å². The first-order valence-corrected chi connectivity index (χ1v) is 5.79. The van der Waals surface area contributed by atoms with Gasteiger partial charge in [-0.05, 0) is 27.7 Å². The van der Waals surface area contributed by atoms with Crippen molar-refractivity contribution in [1.29, 1.82) is 0 Å². The summed E-state index contributed by atoms with van der Waals surface area (Å²) in [6.07, 6.45) is 0. The second-order valence-electron chi connectivity index (χ2n) is 5.37. The SMILES string of the molecule is CC(C)(O)C(C)(C)Oc1cc([N+](=O)[O-])cc([N+](=O)[O-])c1. The molecule has 0 bridgehead atoms. The van der Waals surface area contributed by atoms with Crippen molar-refractivity contribution in [3.63, 3.8) is 0 Å². The lowest BCUT2D eigenvalue weighted by Crippen LogP contribution is -2.49. The Bertz CT molecular complexity index is 515. The lowest BCUT2D eigenvalue weighted by molar-refractivity contribution is -0.394. The van der Waals surface area contributed by atoms with Crippen molar-refractivity contribution < 1.29 is 19.7 Å². The third-order valence-corrected chi connectivity index (χ3v) is 3.14. The van der Waals surface area contributed by atoms with E-state index in [9.17, 15) is 25.3 Å². The largest absolute Gasteiger partial charge is 0.484 e. The number of non-ortho nitro benzene ring substituents is 2. The van der Waals surface area contributed by atoms with Gasteiger partial charge in [0.2, 0.25) is 0 Å². The van der Waals surface area contributed by atoms with Crippen molar-refractivity contribution in [1.82, 2.24) is 0 Å². The Morgan fingerprint density at radius 2 is 1.40 bits per heavy atom. The molecule has 110 valence electrons. The Labute approximate surface area is 115 Å². The van der Waals surface area contributed by atoms with Crippen LogP contribution >= 0.6 is 0 Å². The zero-order valence-electron chi connectivity index (χ0n) is 11.6. The average molecular weight is 284 g/mol. The first kappa shape index (κ1) is 15.8. The molecule has 0 radical (unpaired) electrons. The highest BCUT2D eigenvalue weighted by molar-refractivity contribution is 5.49. The Hall–Kier alpha value is -2.22. The maximum Gasteiger partial charge on any atom is 0.280 e. The molecule has 0 aliphatic carbocycles. The van der Waals surface area contributed by atoms with Crippen LogP contribution in [0.4, 0.5) is 11.4 Å². The normalized spacial score (nSPS) is 12.1. The van der Waals surface area contributed by atoms with Crippen molar-refractivity contribution in [2.24, 2.45) is 0 Å². The van der Waals surface area contributed by atoms with E-state index >= 15 is 0 Å². The fourth-order valence-electron chi connectivity index (χ4n) is 1.26. The smallest absolute Gasteiger partial charge is 0.280 e. The van der Waals surface area contributed by atoms with Crippen LogP contribution in [0.5, 0.6) is 5.75 Å². The molecule has 0 atom stereocenters. The molecule has 1 N–H and O–H groups in total. The molecule has 0 spiro atoms. The van der Waals surface area contributed by atoms with Gasteiger partial charge in [0.1, 0.15) is 11.4 Å². The molecule has 8 nitrogen and oxygen atoms in total. The number of hydrogen-bond acceptors (Lipinski definition) is 6. The molecule has 0 aromatic heterocycles. The standard InChI is InChI=1S/C12H16N2O6/c1-11(2,15)12(3,4)20-10-6-8(13(16)17)5-9(7-10)14(18)19/h5-7,15H,1-4H3. The first-order valence-electron chi connectivity index (χ1n) is 5.79. The topological polar surface area (TPSA) is 116 Å². The zero-order chi connectivity index (χ0) is 15.7. The van der Waals surface area contributed by atoms with Crippen molar-refractivity contribution >= 4 is 11.4 Å². The maximum absolute atomic E-state index is 10.8. The summed E-state index contributed by atoms with van der Waals surface area (Å²) < 4.78 is 5.49. The van der Waals surface area contributed by atoms with Gasteiger partial charge in [-0.3, -0.25) is 20.2 Å². The van der Waals surface area contributed by atoms with Gasteiger partial charge < -0.3 is 9.84 Å². The van der Waals surface area contributed by atoms with Gasteiger partial charge in [0.25, 0.3) is 11.4 Å². The van der Waals surface area contributed by atoms with Crippen LogP contribution < -0.4 is 4.74 Å². The molecule has 0 saturated heterocycles. The van der Waals surface area contributed by atoms with Gasteiger partial charge in [-0.2, -0.15) is 0 Å². The highest BCUT2D eigenvalue weighted by Gasteiger charge is 2.38. The minimum atomic E-state index is -1.24. The summed E-state index contributed by atoms with van der Waals surface area (Å²) in [5.74, 6) is -0.0435. The van der Waals surface area contributed by atoms with E-state index in [-0.39, 0.29) is 5.75 Å². The highest BCUT2D eigenvalue weighted by atomic mass is 16.6. The Morgan fingerprint density at radius 3 is 1.70 bits per heavy atom. The Morgan fingerprint density at radius 1 is 1.00 bits per heavy atom. The van der Waals surface area contributed by atoms with Crippen molar-refractivity contribution in [3.8, 4) is 5.75 Å². The minimum absolute atomic E-state index is 0.0435. The monoisotopic (exact) mass is 284 g/mol. The third-order valence-electron chi connectivity index (χ3n) is 3.14. The molecule has 0 saturated carbocycles. The molecule has 1 aromatic carbocycles. The summed E-state index contributed by atoms with van der Waals surface area (Å²) in [6.45, 7) is 6.19. The summed E-state index contributed by atoms with van der Waals surface area (Å²) >= 11 is 0. The molecule has 1 aromatic rings. The van der Waals surface area contributed by atoms with Crippen molar-refractivity contribution in [2.45, 2.75) is 38.9 Å². The molecular formula is C12H16N2O6. The van der Waals surface area contributed by atoms with E-state index in [1.165, 1.54) is 13.8 Å². The molecule has 20 heavy (non-hydrogen) atoms. The van der Waals surface area contributed by atoms with Crippen molar-refractivity contribution in [3.05, 3.63) is 38.4 Å². The first-order chi connectivity index (χ1) is 8.94. The van der Waals surface area contributed by atoms with Gasteiger partial charge >= 0.3 is 0 Å². The summed E-state index contributed by atoms with van der Waals surface area (Å²) in [5.41, 5.74) is -3.22. The van der Waals surface area contributed by atoms with Crippen LogP contribution in [0.15, 0.2) is 18.2 Å². The summed E-state index contributed by atoms with van der Waals surface area (Å²) in [5, 5.41) is 31.5. The van der Waals surface area contributed by atoms with Gasteiger partial charge in [0.15, 0.2) is 0 Å². The Kier molecular flexibility index (Phi) is 3.99. The molecule has 8 heteroatoms. The molecule has 0 unspecified atom stereocenters. The van der Waals surface area contributed by atoms with Crippen LogP contribution in [-0.4, -0.2) is 26.2 Å².